The molecule has 0 aromatic heterocycles. The lowest BCUT2D eigenvalue weighted by Crippen LogP contribution is -2.24. The Kier molecular flexibility index (Phi) is 5.26. The third-order valence-electron chi connectivity index (χ3n) is 1.52. The van der Waals surface area contributed by atoms with Crippen molar-refractivity contribution in [3.05, 3.63) is 12.7 Å². The van der Waals surface area contributed by atoms with Crippen LogP contribution in [0.25, 0.3) is 0 Å². The largest absolute Gasteiger partial charge is 0.387 e. The molecule has 0 aromatic carbocycles. The standard InChI is InChI=1S/C8H16NO/c1-3-5-6-7(9)8(10)4-2/h4,7-10H,2-3,5-6H2,1H3. The van der Waals surface area contributed by atoms with E-state index in [2.05, 4.69) is 13.5 Å². The molecule has 0 aliphatic rings. The molecule has 10 heavy (non-hydrogen) atoms. The van der Waals surface area contributed by atoms with E-state index in [-0.39, 0.29) is 6.04 Å². The van der Waals surface area contributed by atoms with Crippen LogP contribution < -0.4 is 5.73 Å². The number of aliphatic hydroxyl groups excluding tert-OH is 1. The molecule has 0 aliphatic heterocycles. The zero-order valence-electron chi connectivity index (χ0n) is 6.51. The Balaban J connectivity index is 3.40. The van der Waals surface area contributed by atoms with Crippen molar-refractivity contribution in [3.63, 3.8) is 0 Å². The third kappa shape index (κ3) is 3.64. The molecule has 0 amide bonds. The van der Waals surface area contributed by atoms with Gasteiger partial charge in [0.05, 0.1) is 12.1 Å². The molecule has 2 nitrogen and oxygen atoms in total. The minimum absolute atomic E-state index is 0.377. The van der Waals surface area contributed by atoms with E-state index in [4.69, 9.17) is 10.8 Å². The lowest BCUT2D eigenvalue weighted by molar-refractivity contribution is 0.182. The van der Waals surface area contributed by atoms with Crippen molar-refractivity contribution in [1.29, 1.82) is 0 Å². The fraction of sp³-hybridized carbons (Fsp3) is 0.750. The molecule has 0 heterocycles. The maximum atomic E-state index is 9.05. The first-order valence-electron chi connectivity index (χ1n) is 3.74. The van der Waals surface area contributed by atoms with Crippen LogP contribution in [-0.4, -0.2) is 17.3 Å². The maximum Gasteiger partial charge on any atom is 0.0884 e. The molecule has 2 atom stereocenters. The summed E-state index contributed by atoms with van der Waals surface area (Å²) in [6, 6.07) is -0.377. The summed E-state index contributed by atoms with van der Waals surface area (Å²) in [4.78, 5) is 0. The van der Waals surface area contributed by atoms with Gasteiger partial charge in [0.1, 0.15) is 0 Å². The minimum Gasteiger partial charge on any atom is -0.387 e. The molecule has 0 aliphatic carbocycles. The highest BCUT2D eigenvalue weighted by atomic mass is 16.3. The van der Waals surface area contributed by atoms with E-state index < -0.39 is 6.10 Å². The average Bonchev–Trinajstić information content (AvgIpc) is 1.98. The predicted molar refractivity (Wildman–Crippen MR) is 42.6 cm³/mol. The van der Waals surface area contributed by atoms with Gasteiger partial charge in [-0.2, -0.15) is 0 Å². The monoisotopic (exact) mass is 142 g/mol. The molecule has 2 N–H and O–H groups in total. The lowest BCUT2D eigenvalue weighted by Gasteiger charge is -2.12. The fourth-order valence-corrected chi connectivity index (χ4v) is 0.759. The Morgan fingerprint density at radius 3 is 2.70 bits per heavy atom. The molecule has 0 saturated carbocycles. The van der Waals surface area contributed by atoms with Gasteiger partial charge in [0.15, 0.2) is 0 Å². The van der Waals surface area contributed by atoms with Crippen molar-refractivity contribution in [2.24, 2.45) is 0 Å². The van der Waals surface area contributed by atoms with Crippen molar-refractivity contribution in [2.45, 2.75) is 38.3 Å². The minimum atomic E-state index is -0.647. The van der Waals surface area contributed by atoms with E-state index >= 15 is 0 Å². The second kappa shape index (κ2) is 5.45. The third-order valence-corrected chi connectivity index (χ3v) is 1.52. The van der Waals surface area contributed by atoms with Gasteiger partial charge in [0.25, 0.3) is 0 Å². The topological polar surface area (TPSA) is 44.0 Å². The Morgan fingerprint density at radius 2 is 2.30 bits per heavy atom. The Bertz CT molecular complexity index is 93.3. The molecule has 0 aromatic rings. The number of hydrogen-bond donors (Lipinski definition) is 1. The Labute approximate surface area is 62.7 Å². The fourth-order valence-electron chi connectivity index (χ4n) is 0.759. The molecule has 0 saturated heterocycles. The number of unbranched alkanes of at least 4 members (excludes halogenated alkanes) is 1. The van der Waals surface area contributed by atoms with Crippen LogP contribution in [0.15, 0.2) is 12.7 Å². The number of nitrogens with one attached hydrogen (secondary N) is 1. The molecule has 0 spiro atoms. The molecule has 0 bridgehead atoms. The van der Waals surface area contributed by atoms with Crippen LogP contribution in [-0.2, 0) is 0 Å². The van der Waals surface area contributed by atoms with Gasteiger partial charge in [-0.15, -0.1) is 6.58 Å². The van der Waals surface area contributed by atoms with Gasteiger partial charge >= 0.3 is 0 Å². The van der Waals surface area contributed by atoms with Crippen molar-refractivity contribution in [2.75, 3.05) is 0 Å². The summed E-state index contributed by atoms with van der Waals surface area (Å²) >= 11 is 0. The molecule has 1 radical (unpaired) electrons. The summed E-state index contributed by atoms with van der Waals surface area (Å²) in [5.41, 5.74) is 7.36. The Hall–Kier alpha value is -0.340. The van der Waals surface area contributed by atoms with Crippen molar-refractivity contribution in [3.8, 4) is 0 Å². The number of aliphatic hydroxyl groups is 1. The number of rotatable bonds is 5. The summed E-state index contributed by atoms with van der Waals surface area (Å²) in [6.45, 7) is 5.50. The van der Waals surface area contributed by atoms with Crippen LogP contribution in [0.1, 0.15) is 26.2 Å². The van der Waals surface area contributed by atoms with Gasteiger partial charge in [0, 0.05) is 0 Å². The van der Waals surface area contributed by atoms with Crippen LogP contribution >= 0.6 is 0 Å². The molecule has 59 valence electrons. The van der Waals surface area contributed by atoms with E-state index in [1.807, 2.05) is 0 Å². The normalized spacial score (nSPS) is 16.3. The highest BCUT2D eigenvalue weighted by Crippen LogP contribution is 2.03. The second-order valence-electron chi connectivity index (χ2n) is 2.48. The summed E-state index contributed by atoms with van der Waals surface area (Å²) in [7, 11) is 0. The van der Waals surface area contributed by atoms with Gasteiger partial charge < -0.3 is 5.11 Å². The van der Waals surface area contributed by atoms with Crippen LogP contribution in [0, 0.1) is 0 Å². The van der Waals surface area contributed by atoms with Crippen LogP contribution in [0.5, 0.6) is 0 Å². The van der Waals surface area contributed by atoms with Crippen molar-refractivity contribution in [1.82, 2.24) is 5.73 Å². The molecular weight excluding hydrogens is 126 g/mol. The maximum absolute atomic E-state index is 9.05. The highest BCUT2D eigenvalue weighted by Gasteiger charge is 2.09. The summed E-state index contributed by atoms with van der Waals surface area (Å²) in [6.07, 6.45) is 3.64. The zero-order valence-corrected chi connectivity index (χ0v) is 6.51. The number of hydrogen-bond acceptors (Lipinski definition) is 1. The smallest absolute Gasteiger partial charge is 0.0884 e. The van der Waals surface area contributed by atoms with Crippen molar-refractivity contribution >= 4 is 0 Å². The van der Waals surface area contributed by atoms with E-state index in [0.29, 0.717) is 0 Å². The van der Waals surface area contributed by atoms with E-state index in [9.17, 15) is 0 Å². The molecule has 2 heteroatoms. The van der Waals surface area contributed by atoms with E-state index in [0.717, 1.165) is 19.3 Å². The Morgan fingerprint density at radius 1 is 1.70 bits per heavy atom. The van der Waals surface area contributed by atoms with Crippen LogP contribution in [0.4, 0.5) is 0 Å². The van der Waals surface area contributed by atoms with E-state index in [1.165, 1.54) is 6.08 Å². The van der Waals surface area contributed by atoms with Crippen LogP contribution in [0.2, 0.25) is 0 Å². The SMILES string of the molecule is C=CC(O)C([NH])CCCC. The second-order valence-corrected chi connectivity index (χ2v) is 2.48. The first-order valence-corrected chi connectivity index (χ1v) is 3.74. The van der Waals surface area contributed by atoms with Gasteiger partial charge in [-0.25, -0.2) is 0 Å². The predicted octanol–water partition coefficient (Wildman–Crippen LogP) is 1.37. The molecule has 0 fully saturated rings. The first-order chi connectivity index (χ1) is 4.72. The van der Waals surface area contributed by atoms with Gasteiger partial charge in [0.2, 0.25) is 0 Å². The molecular formula is C8H16NO. The summed E-state index contributed by atoms with van der Waals surface area (Å²) < 4.78 is 0. The van der Waals surface area contributed by atoms with Gasteiger partial charge in [-0.3, -0.25) is 5.73 Å². The summed E-state index contributed by atoms with van der Waals surface area (Å²) in [5, 5.41) is 9.05. The molecule has 0 rings (SSSR count). The van der Waals surface area contributed by atoms with Gasteiger partial charge in [-0.05, 0) is 6.42 Å². The van der Waals surface area contributed by atoms with E-state index in [1.54, 1.807) is 0 Å². The summed E-state index contributed by atoms with van der Waals surface area (Å²) in [5.74, 6) is 0. The molecule has 2 unspecified atom stereocenters. The first kappa shape index (κ1) is 9.66. The lowest BCUT2D eigenvalue weighted by atomic mass is 10.1. The quantitative estimate of drug-likeness (QED) is 0.579. The average molecular weight is 142 g/mol. The van der Waals surface area contributed by atoms with Gasteiger partial charge in [-0.1, -0.05) is 25.8 Å². The van der Waals surface area contributed by atoms with Crippen LogP contribution in [0.3, 0.4) is 0 Å². The van der Waals surface area contributed by atoms with Crippen molar-refractivity contribution < 1.29 is 5.11 Å². The highest BCUT2D eigenvalue weighted by molar-refractivity contribution is 4.86. The zero-order chi connectivity index (χ0) is 7.98.